The zero-order valence-electron chi connectivity index (χ0n) is 12.8. The molecule has 0 heterocycles. The van der Waals surface area contributed by atoms with E-state index < -0.39 is 13.1 Å². The van der Waals surface area contributed by atoms with Gasteiger partial charge in [0.15, 0.2) is 0 Å². The molecule has 3 aromatic carbocycles. The molecule has 3 aromatic rings. The Morgan fingerprint density at radius 2 is 0.957 bits per heavy atom. The van der Waals surface area contributed by atoms with Crippen molar-refractivity contribution in [3.05, 3.63) is 91.0 Å². The monoisotopic (exact) mass is 321 g/mol. The Kier molecular flexibility index (Phi) is 4.66. The Morgan fingerprint density at radius 1 is 0.652 bits per heavy atom. The molecule has 0 radical (unpaired) electrons. The summed E-state index contributed by atoms with van der Waals surface area (Å²) in [5, 5.41) is 22.0. The molecule has 0 saturated carbocycles. The van der Waals surface area contributed by atoms with Gasteiger partial charge >= 0.3 is 137 Å². The van der Waals surface area contributed by atoms with Gasteiger partial charge in [-0.2, -0.15) is 0 Å². The summed E-state index contributed by atoms with van der Waals surface area (Å²) in [4.78, 5) is 0. The third-order valence-electron chi connectivity index (χ3n) is 4.29. The zero-order chi connectivity index (χ0) is 16.1. The Labute approximate surface area is 137 Å². The summed E-state index contributed by atoms with van der Waals surface area (Å²) in [6, 6.07) is 30.4. The summed E-state index contributed by atoms with van der Waals surface area (Å²) in [5.74, 6) is -0.824. The first-order valence-electron chi connectivity index (χ1n) is 7.65. The predicted molar refractivity (Wildman–Crippen MR) is 101 cm³/mol. The third-order valence-corrected chi connectivity index (χ3v) is 9.07. The predicted octanol–water partition coefficient (Wildman–Crippen LogP) is 2.68. The van der Waals surface area contributed by atoms with Crippen LogP contribution in [0, 0.1) is 5.41 Å². The molecule has 116 valence electrons. The second-order valence-corrected chi connectivity index (χ2v) is 9.46. The van der Waals surface area contributed by atoms with Crippen molar-refractivity contribution in [2.45, 2.75) is 5.85 Å². The molecule has 0 bridgehead atoms. The van der Waals surface area contributed by atoms with Crippen molar-refractivity contribution in [3.63, 3.8) is 0 Å². The van der Waals surface area contributed by atoms with Crippen LogP contribution in [0.1, 0.15) is 0 Å². The van der Waals surface area contributed by atoms with Crippen LogP contribution in [0.3, 0.4) is 0 Å². The topological polar surface area (TPSA) is 44.1 Å². The number of benzene rings is 3. The molecule has 0 amide bonds. The summed E-state index contributed by atoms with van der Waals surface area (Å²) >= 11 is 0. The first-order chi connectivity index (χ1) is 11.3. The minimum atomic E-state index is -2.71. The second-order valence-electron chi connectivity index (χ2n) is 5.52. The fourth-order valence-electron chi connectivity index (χ4n) is 3.24. The summed E-state index contributed by atoms with van der Waals surface area (Å²) in [5.41, 5.74) is 0. The first kappa shape index (κ1) is 15.6. The summed E-state index contributed by atoms with van der Waals surface area (Å²) in [6.45, 7) is 0. The molecule has 1 unspecified atom stereocenters. The zero-order valence-corrected chi connectivity index (χ0v) is 13.8. The fourth-order valence-corrected chi connectivity index (χ4v) is 7.67. The molecule has 0 aromatic heterocycles. The quantitative estimate of drug-likeness (QED) is 0.551. The molecule has 0 aliphatic rings. The van der Waals surface area contributed by atoms with Gasteiger partial charge in [-0.15, -0.1) is 0 Å². The Morgan fingerprint density at radius 3 is 1.22 bits per heavy atom. The van der Waals surface area contributed by atoms with Gasteiger partial charge in [-0.3, -0.25) is 0 Å². The van der Waals surface area contributed by atoms with Crippen molar-refractivity contribution in [2.24, 2.45) is 0 Å². The Hall–Kier alpha value is -2.28. The van der Waals surface area contributed by atoms with Crippen molar-refractivity contribution in [1.29, 1.82) is 5.41 Å². The van der Waals surface area contributed by atoms with Crippen LogP contribution in [-0.2, 0) is 0 Å². The van der Waals surface area contributed by atoms with E-state index in [9.17, 15) is 5.11 Å². The molecule has 0 aliphatic carbocycles. The molecule has 0 aliphatic heterocycles. The normalized spacial score (nSPS) is 13.3. The van der Waals surface area contributed by atoms with Crippen molar-refractivity contribution in [3.8, 4) is 0 Å². The van der Waals surface area contributed by atoms with E-state index in [2.05, 4.69) is 36.4 Å². The average molecular weight is 321 g/mol. The Balaban J connectivity index is 2.38. The number of aliphatic hydroxyl groups is 1. The van der Waals surface area contributed by atoms with E-state index in [-0.39, 0.29) is 0 Å². The molecular formula is C20H20NOP. The van der Waals surface area contributed by atoms with E-state index in [1.807, 2.05) is 54.6 Å². The van der Waals surface area contributed by atoms with Crippen molar-refractivity contribution in [1.82, 2.24) is 0 Å². The number of hydrogen-bond donors (Lipinski definition) is 2. The van der Waals surface area contributed by atoms with Gasteiger partial charge in [0, 0.05) is 0 Å². The van der Waals surface area contributed by atoms with Gasteiger partial charge in [-0.05, 0) is 0 Å². The van der Waals surface area contributed by atoms with Crippen molar-refractivity contribution >= 4 is 29.4 Å². The van der Waals surface area contributed by atoms with E-state index in [1.165, 1.54) is 6.21 Å². The number of nitrogens with one attached hydrogen (secondary N) is 1. The van der Waals surface area contributed by atoms with Gasteiger partial charge in [-0.25, -0.2) is 0 Å². The number of hydrogen-bond acceptors (Lipinski definition) is 2. The van der Waals surface area contributed by atoms with E-state index >= 15 is 0 Å². The van der Waals surface area contributed by atoms with Crippen LogP contribution in [0.5, 0.6) is 0 Å². The molecular weight excluding hydrogens is 301 g/mol. The summed E-state index contributed by atoms with van der Waals surface area (Å²) in [7, 11) is -2.71. The van der Waals surface area contributed by atoms with Gasteiger partial charge < -0.3 is 0 Å². The van der Waals surface area contributed by atoms with Crippen molar-refractivity contribution in [2.75, 3.05) is 0 Å². The summed E-state index contributed by atoms with van der Waals surface area (Å²) in [6.07, 6.45) is 1.18. The Bertz CT molecular complexity index is 663. The van der Waals surface area contributed by atoms with Gasteiger partial charge in [0.25, 0.3) is 0 Å². The van der Waals surface area contributed by atoms with E-state index in [0.29, 0.717) is 0 Å². The van der Waals surface area contributed by atoms with Crippen LogP contribution in [0.25, 0.3) is 0 Å². The van der Waals surface area contributed by atoms with Crippen LogP contribution in [0.15, 0.2) is 91.0 Å². The molecule has 0 fully saturated rings. The number of rotatable bonds is 5. The van der Waals surface area contributed by atoms with Crippen molar-refractivity contribution < 1.29 is 5.11 Å². The summed E-state index contributed by atoms with van der Waals surface area (Å²) < 4.78 is 0. The number of aliphatic hydroxyl groups excluding tert-OH is 1. The SMILES string of the molecule is N=CC(O)[PH](c1ccccc1)(c1ccccc1)c1ccccc1. The van der Waals surface area contributed by atoms with Gasteiger partial charge in [0.1, 0.15) is 0 Å². The molecule has 0 saturated heterocycles. The standard InChI is InChI=1S/C20H20NOP/c21-16-20(22)23(17-10-4-1-5-11-17,18-12-6-2-7-13-18)19-14-8-3-9-15-19/h1-16,20-23H. The average Bonchev–Trinajstić information content (AvgIpc) is 2.65. The van der Waals surface area contributed by atoms with Gasteiger partial charge in [0.2, 0.25) is 0 Å². The first-order valence-corrected chi connectivity index (χ1v) is 9.73. The van der Waals surface area contributed by atoms with Crippen LogP contribution >= 0.6 is 7.26 Å². The van der Waals surface area contributed by atoms with E-state index in [1.54, 1.807) is 0 Å². The molecule has 3 rings (SSSR count). The second kappa shape index (κ2) is 6.87. The molecule has 2 nitrogen and oxygen atoms in total. The van der Waals surface area contributed by atoms with Crippen LogP contribution < -0.4 is 15.9 Å². The fraction of sp³-hybridized carbons (Fsp3) is 0.0500. The van der Waals surface area contributed by atoms with Gasteiger partial charge in [-0.1, -0.05) is 0 Å². The van der Waals surface area contributed by atoms with Crippen LogP contribution in [0.2, 0.25) is 0 Å². The molecule has 0 spiro atoms. The van der Waals surface area contributed by atoms with E-state index in [4.69, 9.17) is 5.41 Å². The third kappa shape index (κ3) is 2.72. The molecule has 2 N–H and O–H groups in total. The van der Waals surface area contributed by atoms with Gasteiger partial charge in [0.05, 0.1) is 0 Å². The molecule has 3 heteroatoms. The van der Waals surface area contributed by atoms with E-state index in [0.717, 1.165) is 15.9 Å². The maximum atomic E-state index is 10.9. The minimum absolute atomic E-state index is 0.824. The van der Waals surface area contributed by atoms with Crippen LogP contribution in [-0.4, -0.2) is 17.2 Å². The maximum absolute atomic E-state index is 10.9. The molecule has 23 heavy (non-hydrogen) atoms. The molecule has 1 atom stereocenters. The van der Waals surface area contributed by atoms with Crippen LogP contribution in [0.4, 0.5) is 0 Å².